The maximum absolute atomic E-state index is 12.9. The number of hydrogen-bond donors (Lipinski definition) is 2. The van der Waals surface area contributed by atoms with Crippen molar-refractivity contribution in [1.82, 2.24) is 15.1 Å². The highest BCUT2D eigenvalue weighted by Gasteiger charge is 2.54. The summed E-state index contributed by atoms with van der Waals surface area (Å²) >= 11 is 0. The van der Waals surface area contributed by atoms with Crippen molar-refractivity contribution in [2.24, 2.45) is 5.92 Å². The lowest BCUT2D eigenvalue weighted by Gasteiger charge is -2.58. The Hall–Kier alpha value is -2.52. The van der Waals surface area contributed by atoms with Gasteiger partial charge in [-0.05, 0) is 36.5 Å². The van der Waals surface area contributed by atoms with E-state index in [1.807, 2.05) is 12.1 Å². The van der Waals surface area contributed by atoms with Crippen LogP contribution in [0.15, 0.2) is 24.3 Å². The molecule has 0 bridgehead atoms. The van der Waals surface area contributed by atoms with Crippen LogP contribution in [0.5, 0.6) is 0 Å². The summed E-state index contributed by atoms with van der Waals surface area (Å²) in [4.78, 5) is 29.1. The van der Waals surface area contributed by atoms with E-state index in [-0.39, 0.29) is 49.1 Å². The monoisotopic (exact) mass is 437 g/mol. The van der Waals surface area contributed by atoms with Crippen LogP contribution in [0, 0.1) is 17.8 Å². The first kappa shape index (κ1) is 22.7. The quantitative estimate of drug-likeness (QED) is 0.711. The number of carbonyl (C=O) groups is 2. The van der Waals surface area contributed by atoms with E-state index in [1.54, 1.807) is 9.80 Å². The Morgan fingerprint density at radius 2 is 1.91 bits per heavy atom. The minimum Gasteiger partial charge on any atom is -0.394 e. The predicted molar refractivity (Wildman–Crippen MR) is 124 cm³/mol. The second kappa shape index (κ2) is 9.95. The number of nitrogens with one attached hydrogen (secondary N) is 1. The molecule has 2 N–H and O–H groups in total. The molecule has 0 aromatic heterocycles. The van der Waals surface area contributed by atoms with Gasteiger partial charge >= 0.3 is 6.03 Å². The van der Waals surface area contributed by atoms with Crippen molar-refractivity contribution in [3.05, 3.63) is 35.4 Å². The van der Waals surface area contributed by atoms with Crippen LogP contribution in [0.3, 0.4) is 0 Å². The first-order valence-electron chi connectivity index (χ1n) is 12.0. The van der Waals surface area contributed by atoms with Crippen molar-refractivity contribution in [3.63, 3.8) is 0 Å². The number of benzene rings is 1. The Morgan fingerprint density at radius 3 is 2.56 bits per heavy atom. The summed E-state index contributed by atoms with van der Waals surface area (Å²) in [6.45, 7) is 4.82. The molecule has 3 atom stereocenters. The second-order valence-electron chi connectivity index (χ2n) is 9.83. The first-order chi connectivity index (χ1) is 15.5. The van der Waals surface area contributed by atoms with Crippen LogP contribution in [-0.2, 0) is 4.79 Å². The highest BCUT2D eigenvalue weighted by molar-refractivity contribution is 5.87. The third-order valence-corrected chi connectivity index (χ3v) is 7.01. The molecule has 0 radical (unpaired) electrons. The van der Waals surface area contributed by atoms with E-state index in [4.69, 9.17) is 0 Å². The topological polar surface area (TPSA) is 72.9 Å². The van der Waals surface area contributed by atoms with Crippen LogP contribution in [0.4, 0.5) is 4.79 Å². The van der Waals surface area contributed by atoms with Crippen LogP contribution in [-0.4, -0.2) is 64.7 Å². The molecule has 32 heavy (non-hydrogen) atoms. The molecule has 2 saturated heterocycles. The fraction of sp³-hybridized carbons (Fsp3) is 0.615. The van der Waals surface area contributed by atoms with Gasteiger partial charge in [0.2, 0.25) is 5.91 Å². The van der Waals surface area contributed by atoms with Crippen LogP contribution < -0.4 is 5.32 Å². The lowest BCUT2D eigenvalue weighted by Crippen LogP contribution is -2.74. The lowest BCUT2D eigenvalue weighted by atomic mass is 9.73. The molecular weight excluding hydrogens is 402 g/mol. The smallest absolute Gasteiger partial charge is 0.318 e. The van der Waals surface area contributed by atoms with Crippen molar-refractivity contribution < 1.29 is 14.7 Å². The maximum Gasteiger partial charge on any atom is 0.318 e. The molecule has 2 aliphatic heterocycles. The van der Waals surface area contributed by atoms with Crippen LogP contribution in [0.1, 0.15) is 69.4 Å². The third-order valence-electron chi connectivity index (χ3n) is 7.01. The standard InChI is InChI=1S/C26H35N3O3/c1-18(2)7-6-8-19-11-13-20(14-12-19)25-22-15-28(16-24(31)29(22)23(25)17-30)26(32)27-21-9-4-3-5-10-21/h11-14,18,21-23,25,30H,3-5,7,9-10,15-17H2,1-2H3,(H,27,32)/t22-,23+,25+/m0/s1. The lowest BCUT2D eigenvalue weighted by molar-refractivity contribution is -0.159. The van der Waals surface area contributed by atoms with Crippen molar-refractivity contribution in [2.75, 3.05) is 19.7 Å². The third kappa shape index (κ3) is 4.78. The minimum atomic E-state index is -0.228. The van der Waals surface area contributed by atoms with Gasteiger partial charge in [0.05, 0.1) is 18.7 Å². The Morgan fingerprint density at radius 1 is 1.19 bits per heavy atom. The molecule has 0 spiro atoms. The highest BCUT2D eigenvalue weighted by Crippen LogP contribution is 2.42. The molecular formula is C26H35N3O3. The number of hydrogen-bond acceptors (Lipinski definition) is 3. The molecule has 3 fully saturated rings. The molecule has 0 unspecified atom stereocenters. The number of urea groups is 1. The molecule has 1 aromatic rings. The van der Waals surface area contributed by atoms with Gasteiger partial charge in [-0.1, -0.05) is 57.1 Å². The molecule has 6 nitrogen and oxygen atoms in total. The van der Waals surface area contributed by atoms with Gasteiger partial charge in [-0.3, -0.25) is 4.79 Å². The molecule has 172 valence electrons. The van der Waals surface area contributed by atoms with Gasteiger partial charge in [0.15, 0.2) is 0 Å². The summed E-state index contributed by atoms with van der Waals surface area (Å²) in [6, 6.07) is 7.89. The number of rotatable bonds is 4. The predicted octanol–water partition coefficient (Wildman–Crippen LogP) is 3.10. The summed E-state index contributed by atoms with van der Waals surface area (Å²) < 4.78 is 0. The fourth-order valence-corrected chi connectivity index (χ4v) is 5.31. The SMILES string of the molecule is CC(C)CC#Cc1ccc([C@H]2[C@@H](CO)N3C(=O)CN(C(=O)NC4CCCCC4)C[C@@H]23)cc1. The molecule has 1 aromatic carbocycles. The van der Waals surface area contributed by atoms with Gasteiger partial charge in [0.25, 0.3) is 0 Å². The fourth-order valence-electron chi connectivity index (χ4n) is 5.31. The van der Waals surface area contributed by atoms with E-state index in [9.17, 15) is 14.7 Å². The second-order valence-corrected chi connectivity index (χ2v) is 9.83. The Bertz CT molecular complexity index is 880. The normalized spacial score (nSPS) is 25.6. The largest absolute Gasteiger partial charge is 0.394 e. The number of carbonyl (C=O) groups excluding carboxylic acids is 2. The number of amides is 3. The van der Waals surface area contributed by atoms with Crippen molar-refractivity contribution >= 4 is 11.9 Å². The van der Waals surface area contributed by atoms with Crippen molar-refractivity contribution in [3.8, 4) is 11.8 Å². The van der Waals surface area contributed by atoms with Crippen molar-refractivity contribution in [1.29, 1.82) is 0 Å². The average Bonchev–Trinajstić information content (AvgIpc) is 2.76. The molecule has 3 aliphatic rings. The Balaban J connectivity index is 1.44. The van der Waals surface area contributed by atoms with E-state index in [0.29, 0.717) is 12.5 Å². The van der Waals surface area contributed by atoms with Crippen LogP contribution in [0.25, 0.3) is 0 Å². The van der Waals surface area contributed by atoms with E-state index in [1.165, 1.54) is 6.42 Å². The van der Waals surface area contributed by atoms with Gasteiger partial charge in [0, 0.05) is 30.5 Å². The average molecular weight is 438 g/mol. The van der Waals surface area contributed by atoms with Crippen LogP contribution >= 0.6 is 0 Å². The van der Waals surface area contributed by atoms with Gasteiger partial charge in [-0.2, -0.15) is 0 Å². The molecule has 2 heterocycles. The number of nitrogens with zero attached hydrogens (tertiary/aromatic N) is 2. The van der Waals surface area contributed by atoms with Gasteiger partial charge in [-0.25, -0.2) is 4.79 Å². The number of aliphatic hydroxyl groups excluding tert-OH is 1. The zero-order chi connectivity index (χ0) is 22.7. The first-order valence-corrected chi connectivity index (χ1v) is 12.0. The van der Waals surface area contributed by atoms with Crippen molar-refractivity contribution in [2.45, 2.75) is 76.4 Å². The summed E-state index contributed by atoms with van der Waals surface area (Å²) in [6.07, 6.45) is 6.44. The minimum absolute atomic E-state index is 0.0203. The van der Waals surface area contributed by atoms with Gasteiger partial charge < -0.3 is 20.2 Å². The zero-order valence-electron chi connectivity index (χ0n) is 19.2. The Labute approximate surface area is 191 Å². The summed E-state index contributed by atoms with van der Waals surface area (Å²) in [7, 11) is 0. The van der Waals surface area contributed by atoms with Gasteiger partial charge in [-0.15, -0.1) is 0 Å². The van der Waals surface area contributed by atoms with E-state index < -0.39 is 0 Å². The van der Waals surface area contributed by atoms with Crippen LogP contribution in [0.2, 0.25) is 0 Å². The molecule has 6 heteroatoms. The number of aliphatic hydroxyl groups is 1. The molecule has 4 rings (SSSR count). The van der Waals surface area contributed by atoms with E-state index in [2.05, 4.69) is 43.1 Å². The molecule has 3 amide bonds. The highest BCUT2D eigenvalue weighted by atomic mass is 16.3. The zero-order valence-corrected chi connectivity index (χ0v) is 19.2. The van der Waals surface area contributed by atoms with E-state index in [0.717, 1.165) is 43.2 Å². The van der Waals surface area contributed by atoms with Gasteiger partial charge in [0.1, 0.15) is 6.54 Å². The summed E-state index contributed by atoms with van der Waals surface area (Å²) in [5.74, 6) is 6.90. The Kier molecular flexibility index (Phi) is 7.05. The number of fused-ring (bicyclic) bond motifs is 1. The molecule has 1 saturated carbocycles. The molecule has 1 aliphatic carbocycles. The van der Waals surface area contributed by atoms with E-state index >= 15 is 0 Å². The maximum atomic E-state index is 12.9. The summed E-state index contributed by atoms with van der Waals surface area (Å²) in [5, 5.41) is 13.1. The summed E-state index contributed by atoms with van der Waals surface area (Å²) in [5.41, 5.74) is 2.06. The number of piperazine rings is 1.